The maximum absolute atomic E-state index is 11.6. The van der Waals surface area contributed by atoms with Crippen LogP contribution in [0.1, 0.15) is 57.1 Å². The number of methoxy groups -OCH3 is 1. The molecule has 0 aliphatic carbocycles. The van der Waals surface area contributed by atoms with Crippen LogP contribution >= 0.6 is 0 Å². The molecule has 0 aliphatic heterocycles. The topological polar surface area (TPSA) is 74.9 Å². The number of carbonyl (C=O) groups is 1. The number of benzene rings is 1. The van der Waals surface area contributed by atoms with Gasteiger partial charge in [0.15, 0.2) is 5.76 Å². The van der Waals surface area contributed by atoms with Crippen molar-refractivity contribution >= 4 is 23.7 Å². The standard InChI is InChI=1S/C24H33N3O4/c1-9-27-21(14-16(2)26-27)22(30-17(3)31-23(28)29-8)20(15-25-7)18-10-12-19(13-11-18)24(4,5)6/h10-15,17H,9H2,1-8H3/b22-20-,25-15-. The second-order valence-corrected chi connectivity index (χ2v) is 8.20. The van der Waals surface area contributed by atoms with Crippen LogP contribution < -0.4 is 0 Å². The molecule has 2 rings (SSSR count). The number of hydrogen-bond donors (Lipinski definition) is 0. The zero-order valence-electron chi connectivity index (χ0n) is 19.7. The maximum Gasteiger partial charge on any atom is 0.511 e. The molecule has 168 valence electrons. The summed E-state index contributed by atoms with van der Waals surface area (Å²) in [5.41, 5.74) is 4.59. The van der Waals surface area contributed by atoms with Crippen molar-refractivity contribution in [2.45, 2.75) is 59.8 Å². The van der Waals surface area contributed by atoms with Gasteiger partial charge in [0.1, 0.15) is 5.69 Å². The molecule has 0 aliphatic rings. The van der Waals surface area contributed by atoms with Crippen LogP contribution in [0.3, 0.4) is 0 Å². The first-order chi connectivity index (χ1) is 14.6. The Labute approximate surface area is 184 Å². The summed E-state index contributed by atoms with van der Waals surface area (Å²) in [5, 5.41) is 4.54. The Morgan fingerprint density at radius 2 is 1.87 bits per heavy atom. The second-order valence-electron chi connectivity index (χ2n) is 8.20. The molecule has 0 N–H and O–H groups in total. The molecule has 0 amide bonds. The van der Waals surface area contributed by atoms with Gasteiger partial charge >= 0.3 is 6.16 Å². The van der Waals surface area contributed by atoms with Crippen LogP contribution in [0.25, 0.3) is 11.3 Å². The average Bonchev–Trinajstić information content (AvgIpc) is 3.10. The molecule has 0 saturated heterocycles. The molecule has 31 heavy (non-hydrogen) atoms. The van der Waals surface area contributed by atoms with Crippen molar-refractivity contribution in [3.05, 3.63) is 52.8 Å². The molecule has 7 nitrogen and oxygen atoms in total. The van der Waals surface area contributed by atoms with Crippen LogP contribution in [0.5, 0.6) is 0 Å². The fraction of sp³-hybridized carbons (Fsp3) is 0.458. The van der Waals surface area contributed by atoms with Gasteiger partial charge in [0.05, 0.1) is 12.8 Å². The molecular formula is C24H33N3O4. The van der Waals surface area contributed by atoms with Gasteiger partial charge < -0.3 is 14.2 Å². The van der Waals surface area contributed by atoms with Crippen LogP contribution in [-0.2, 0) is 26.2 Å². The van der Waals surface area contributed by atoms with Gasteiger partial charge in [-0.15, -0.1) is 0 Å². The van der Waals surface area contributed by atoms with E-state index < -0.39 is 12.4 Å². The first-order valence-electron chi connectivity index (χ1n) is 10.3. The highest BCUT2D eigenvalue weighted by Crippen LogP contribution is 2.30. The van der Waals surface area contributed by atoms with E-state index in [9.17, 15) is 4.79 Å². The third kappa shape index (κ3) is 6.20. The molecule has 1 heterocycles. The van der Waals surface area contributed by atoms with Gasteiger partial charge in [-0.25, -0.2) is 4.79 Å². The molecule has 1 atom stereocenters. The predicted octanol–water partition coefficient (Wildman–Crippen LogP) is 5.22. The number of rotatable bonds is 7. The number of hydrogen-bond acceptors (Lipinski definition) is 6. The normalized spacial score (nSPS) is 13.7. The Hall–Kier alpha value is -3.09. The molecule has 0 radical (unpaired) electrons. The Balaban J connectivity index is 2.65. The number of aromatic nitrogens is 2. The maximum atomic E-state index is 11.6. The first-order valence-corrected chi connectivity index (χ1v) is 10.3. The predicted molar refractivity (Wildman–Crippen MR) is 123 cm³/mol. The minimum Gasteiger partial charge on any atom is -0.452 e. The third-order valence-electron chi connectivity index (χ3n) is 4.71. The molecule has 0 fully saturated rings. The third-order valence-corrected chi connectivity index (χ3v) is 4.71. The van der Waals surface area contributed by atoms with Crippen LogP contribution in [0.2, 0.25) is 0 Å². The Morgan fingerprint density at radius 3 is 2.39 bits per heavy atom. The summed E-state index contributed by atoms with van der Waals surface area (Å²) in [6.45, 7) is 12.8. The highest BCUT2D eigenvalue weighted by atomic mass is 16.8. The van der Waals surface area contributed by atoms with E-state index in [2.05, 4.69) is 47.7 Å². The molecule has 1 aromatic carbocycles. The minimum atomic E-state index is -0.878. The van der Waals surface area contributed by atoms with Gasteiger partial charge in [0.2, 0.25) is 6.29 Å². The minimum absolute atomic E-state index is 0.0430. The summed E-state index contributed by atoms with van der Waals surface area (Å²) in [5.74, 6) is 0.521. The van der Waals surface area contributed by atoms with Crippen LogP contribution in [0, 0.1) is 6.92 Å². The smallest absolute Gasteiger partial charge is 0.452 e. The lowest BCUT2D eigenvalue weighted by molar-refractivity contribution is -0.0619. The van der Waals surface area contributed by atoms with E-state index in [0.29, 0.717) is 12.3 Å². The molecule has 2 aromatic rings. The second kappa shape index (κ2) is 10.3. The van der Waals surface area contributed by atoms with Crippen LogP contribution in [0.4, 0.5) is 4.79 Å². The summed E-state index contributed by atoms with van der Waals surface area (Å²) < 4.78 is 17.7. The van der Waals surface area contributed by atoms with Crippen molar-refractivity contribution in [1.29, 1.82) is 0 Å². The molecule has 0 spiro atoms. The fourth-order valence-corrected chi connectivity index (χ4v) is 3.15. The van der Waals surface area contributed by atoms with Crippen LogP contribution in [0.15, 0.2) is 35.3 Å². The van der Waals surface area contributed by atoms with Gasteiger partial charge in [0, 0.05) is 32.3 Å². The van der Waals surface area contributed by atoms with E-state index in [1.165, 1.54) is 12.7 Å². The molecular weight excluding hydrogens is 394 g/mol. The zero-order valence-corrected chi connectivity index (χ0v) is 19.7. The summed E-state index contributed by atoms with van der Waals surface area (Å²) >= 11 is 0. The van der Waals surface area contributed by atoms with Crippen molar-refractivity contribution in [3.63, 3.8) is 0 Å². The average molecular weight is 428 g/mol. The van der Waals surface area contributed by atoms with E-state index in [-0.39, 0.29) is 5.41 Å². The highest BCUT2D eigenvalue weighted by Gasteiger charge is 2.22. The molecule has 0 saturated carbocycles. The van der Waals surface area contributed by atoms with Crippen molar-refractivity contribution < 1.29 is 19.0 Å². The van der Waals surface area contributed by atoms with Gasteiger partial charge in [-0.3, -0.25) is 9.67 Å². The molecule has 1 unspecified atom stereocenters. The number of aryl methyl sites for hydroxylation is 2. The van der Waals surface area contributed by atoms with Crippen LogP contribution in [-0.4, -0.2) is 42.6 Å². The quantitative estimate of drug-likeness (QED) is 0.262. The van der Waals surface area contributed by atoms with Gasteiger partial charge in [-0.05, 0) is 36.5 Å². The van der Waals surface area contributed by atoms with Crippen molar-refractivity contribution in [2.24, 2.45) is 4.99 Å². The van der Waals surface area contributed by atoms with E-state index in [0.717, 1.165) is 22.5 Å². The van der Waals surface area contributed by atoms with Gasteiger partial charge in [-0.1, -0.05) is 45.0 Å². The number of allylic oxidation sites excluding steroid dienone is 1. The Morgan fingerprint density at radius 1 is 1.23 bits per heavy atom. The number of nitrogens with zero attached hydrogens (tertiary/aromatic N) is 3. The summed E-state index contributed by atoms with van der Waals surface area (Å²) in [4.78, 5) is 15.8. The molecule has 7 heteroatoms. The number of carbonyl (C=O) groups excluding carboxylic acids is 1. The highest BCUT2D eigenvalue weighted by molar-refractivity contribution is 6.18. The summed E-state index contributed by atoms with van der Waals surface area (Å²) in [6.07, 6.45) is 0.0542. The van der Waals surface area contributed by atoms with E-state index >= 15 is 0 Å². The van der Waals surface area contributed by atoms with E-state index in [1.54, 1.807) is 20.2 Å². The molecule has 0 bridgehead atoms. The SMILES string of the molecule is CCn1nc(C)cc1/C(OC(C)OC(=O)OC)=C(\C=N/C)c1ccc(C(C)(C)C)cc1. The zero-order chi connectivity index (χ0) is 23.2. The van der Waals surface area contributed by atoms with E-state index in [1.807, 2.05) is 36.7 Å². The van der Waals surface area contributed by atoms with Crippen molar-refractivity contribution in [1.82, 2.24) is 9.78 Å². The molecule has 1 aromatic heterocycles. The van der Waals surface area contributed by atoms with Crippen molar-refractivity contribution in [3.8, 4) is 0 Å². The largest absolute Gasteiger partial charge is 0.511 e. The van der Waals surface area contributed by atoms with Crippen molar-refractivity contribution in [2.75, 3.05) is 14.2 Å². The summed E-state index contributed by atoms with van der Waals surface area (Å²) in [7, 11) is 2.96. The number of ether oxygens (including phenoxy) is 3. The first kappa shape index (κ1) is 24.2. The Kier molecular flexibility index (Phi) is 8.02. The lowest BCUT2D eigenvalue weighted by Crippen LogP contribution is -2.19. The fourth-order valence-electron chi connectivity index (χ4n) is 3.15. The number of aliphatic imine (C=N–C) groups is 1. The summed E-state index contributed by atoms with van der Waals surface area (Å²) in [6, 6.07) is 10.2. The lowest BCUT2D eigenvalue weighted by atomic mass is 9.86. The Bertz CT molecular complexity index is 950. The van der Waals surface area contributed by atoms with E-state index in [4.69, 9.17) is 9.47 Å². The monoisotopic (exact) mass is 427 g/mol. The van der Waals surface area contributed by atoms with Gasteiger partial charge in [0.25, 0.3) is 0 Å². The van der Waals surface area contributed by atoms with Gasteiger partial charge in [-0.2, -0.15) is 5.10 Å². The lowest BCUT2D eigenvalue weighted by Gasteiger charge is -2.21.